The van der Waals surface area contributed by atoms with E-state index >= 15 is 0 Å². The van der Waals surface area contributed by atoms with Gasteiger partial charge in [-0.2, -0.15) is 0 Å². The van der Waals surface area contributed by atoms with Crippen molar-refractivity contribution in [3.05, 3.63) is 72.1 Å². The average Bonchev–Trinajstić information content (AvgIpc) is 3.11. The van der Waals surface area contributed by atoms with Crippen LogP contribution < -0.4 is 5.32 Å². The lowest BCUT2D eigenvalue weighted by molar-refractivity contribution is -0.128. The van der Waals surface area contributed by atoms with Gasteiger partial charge in [-0.05, 0) is 53.3 Å². The molecule has 6 heteroatoms. The molecule has 1 saturated heterocycles. The van der Waals surface area contributed by atoms with Gasteiger partial charge in [0.15, 0.2) is 5.11 Å². The standard InChI is InChI=1S/C20H15N3O2S/c1-22-19(25)17(18(24)21-20(22)26)12-15-7-4-10-23(15)16-9-8-13-5-2-3-6-14(13)11-16/h2-12H,1H3,(H,21,24,26)/b17-12+. The van der Waals surface area contributed by atoms with Crippen molar-refractivity contribution in [3.8, 4) is 5.69 Å². The molecule has 0 saturated carbocycles. The van der Waals surface area contributed by atoms with Crippen molar-refractivity contribution in [1.29, 1.82) is 0 Å². The number of hydrogen-bond donors (Lipinski definition) is 1. The number of benzene rings is 2. The van der Waals surface area contributed by atoms with Gasteiger partial charge >= 0.3 is 0 Å². The van der Waals surface area contributed by atoms with Crippen LogP contribution in [0.15, 0.2) is 66.4 Å². The number of thiocarbonyl (C=S) groups is 1. The Morgan fingerprint density at radius 1 is 1.00 bits per heavy atom. The maximum Gasteiger partial charge on any atom is 0.265 e. The fourth-order valence-corrected chi connectivity index (χ4v) is 3.14. The normalized spacial score (nSPS) is 16.4. The van der Waals surface area contributed by atoms with Gasteiger partial charge in [-0.25, -0.2) is 0 Å². The number of hydrogen-bond acceptors (Lipinski definition) is 3. The first-order valence-corrected chi connectivity index (χ1v) is 8.47. The van der Waals surface area contributed by atoms with Gasteiger partial charge in [0.2, 0.25) is 0 Å². The summed E-state index contributed by atoms with van der Waals surface area (Å²) in [6.45, 7) is 0. The Labute approximate surface area is 155 Å². The van der Waals surface area contributed by atoms with Crippen molar-refractivity contribution in [2.24, 2.45) is 0 Å². The lowest BCUT2D eigenvalue weighted by atomic mass is 10.1. The number of rotatable bonds is 2. The second-order valence-electron chi connectivity index (χ2n) is 6.02. The molecule has 0 aliphatic carbocycles. The maximum absolute atomic E-state index is 12.4. The Balaban J connectivity index is 1.78. The van der Waals surface area contributed by atoms with Crippen molar-refractivity contribution in [1.82, 2.24) is 14.8 Å². The second kappa shape index (κ2) is 6.24. The molecule has 1 aromatic heterocycles. The van der Waals surface area contributed by atoms with Crippen LogP contribution in [-0.2, 0) is 9.59 Å². The highest BCUT2D eigenvalue weighted by Crippen LogP contribution is 2.22. The third kappa shape index (κ3) is 2.70. The fourth-order valence-electron chi connectivity index (χ4n) is 2.97. The number of aromatic nitrogens is 1. The van der Waals surface area contributed by atoms with Gasteiger partial charge in [0.25, 0.3) is 11.8 Å². The van der Waals surface area contributed by atoms with E-state index in [2.05, 4.69) is 23.5 Å². The monoisotopic (exact) mass is 361 g/mol. The van der Waals surface area contributed by atoms with Gasteiger partial charge < -0.3 is 4.57 Å². The zero-order valence-electron chi connectivity index (χ0n) is 14.0. The maximum atomic E-state index is 12.4. The van der Waals surface area contributed by atoms with Crippen LogP contribution in [0, 0.1) is 0 Å². The molecule has 4 rings (SSSR count). The number of nitrogens with one attached hydrogen (secondary N) is 1. The summed E-state index contributed by atoms with van der Waals surface area (Å²) in [6, 6.07) is 18.0. The Morgan fingerprint density at radius 3 is 2.58 bits per heavy atom. The van der Waals surface area contributed by atoms with E-state index in [1.807, 2.05) is 47.2 Å². The predicted molar refractivity (Wildman–Crippen MR) is 105 cm³/mol. The summed E-state index contributed by atoms with van der Waals surface area (Å²) in [6.07, 6.45) is 3.49. The van der Waals surface area contributed by atoms with Crippen LogP contribution in [0.1, 0.15) is 5.69 Å². The highest BCUT2D eigenvalue weighted by atomic mass is 32.1. The second-order valence-corrected chi connectivity index (χ2v) is 6.40. The fraction of sp³-hybridized carbons (Fsp3) is 0.0500. The number of nitrogens with zero attached hydrogens (tertiary/aromatic N) is 2. The van der Waals surface area contributed by atoms with E-state index in [1.54, 1.807) is 13.1 Å². The van der Waals surface area contributed by atoms with Crippen molar-refractivity contribution < 1.29 is 9.59 Å². The van der Waals surface area contributed by atoms with Crippen molar-refractivity contribution in [3.63, 3.8) is 0 Å². The molecule has 0 bridgehead atoms. The molecule has 2 amide bonds. The molecule has 0 unspecified atom stereocenters. The van der Waals surface area contributed by atoms with Crippen molar-refractivity contribution >= 4 is 46.0 Å². The molecule has 128 valence electrons. The topological polar surface area (TPSA) is 54.3 Å². The Bertz CT molecular complexity index is 1100. The third-order valence-electron chi connectivity index (χ3n) is 4.39. The molecule has 2 heterocycles. The third-order valence-corrected chi connectivity index (χ3v) is 4.76. The highest BCUT2D eigenvalue weighted by Gasteiger charge is 2.31. The smallest absolute Gasteiger partial charge is 0.265 e. The van der Waals surface area contributed by atoms with Crippen LogP contribution in [0.5, 0.6) is 0 Å². The SMILES string of the molecule is CN1C(=O)/C(=C/c2cccn2-c2ccc3ccccc3c2)C(=O)NC1=S. The molecule has 2 aromatic carbocycles. The summed E-state index contributed by atoms with van der Waals surface area (Å²) in [7, 11) is 1.54. The lowest BCUT2D eigenvalue weighted by Gasteiger charge is -2.25. The van der Waals surface area contributed by atoms with Gasteiger partial charge in [0.1, 0.15) is 5.57 Å². The Hall–Kier alpha value is -3.25. The van der Waals surface area contributed by atoms with E-state index in [0.29, 0.717) is 0 Å². The molecule has 0 radical (unpaired) electrons. The zero-order chi connectivity index (χ0) is 18.3. The highest BCUT2D eigenvalue weighted by molar-refractivity contribution is 7.80. The summed E-state index contributed by atoms with van der Waals surface area (Å²) in [4.78, 5) is 25.8. The molecule has 1 aliphatic rings. The van der Waals surface area contributed by atoms with Crippen LogP contribution in [0.2, 0.25) is 0 Å². The molecule has 3 aromatic rings. The molecule has 0 atom stereocenters. The van der Waals surface area contributed by atoms with E-state index in [1.165, 1.54) is 4.90 Å². The molecule has 0 spiro atoms. The first-order valence-electron chi connectivity index (χ1n) is 8.06. The van der Waals surface area contributed by atoms with Gasteiger partial charge in [-0.3, -0.25) is 19.8 Å². The molecular weight excluding hydrogens is 346 g/mol. The van der Waals surface area contributed by atoms with E-state index in [9.17, 15) is 9.59 Å². The molecule has 5 nitrogen and oxygen atoms in total. The number of amides is 2. The number of likely N-dealkylation sites (N-methyl/N-ethyl adjacent to an activating group) is 1. The summed E-state index contributed by atoms with van der Waals surface area (Å²) in [5.74, 6) is -0.894. The van der Waals surface area contributed by atoms with Crippen LogP contribution >= 0.6 is 12.2 Å². The average molecular weight is 361 g/mol. The summed E-state index contributed by atoms with van der Waals surface area (Å²) < 4.78 is 1.94. The lowest BCUT2D eigenvalue weighted by Crippen LogP contribution is -2.52. The summed E-state index contributed by atoms with van der Waals surface area (Å²) in [5, 5.41) is 4.91. The number of fused-ring (bicyclic) bond motifs is 1. The summed E-state index contributed by atoms with van der Waals surface area (Å²) in [5.41, 5.74) is 1.75. The van der Waals surface area contributed by atoms with Crippen LogP contribution in [-0.4, -0.2) is 33.4 Å². The zero-order valence-corrected chi connectivity index (χ0v) is 14.8. The van der Waals surface area contributed by atoms with Gasteiger partial charge in [-0.15, -0.1) is 0 Å². The minimum atomic E-state index is -0.482. The van der Waals surface area contributed by atoms with E-state index in [-0.39, 0.29) is 10.7 Å². The van der Waals surface area contributed by atoms with E-state index in [4.69, 9.17) is 12.2 Å². The molecule has 1 aliphatic heterocycles. The van der Waals surface area contributed by atoms with Crippen LogP contribution in [0.4, 0.5) is 0 Å². The quantitative estimate of drug-likeness (QED) is 0.434. The first-order chi connectivity index (χ1) is 12.5. The van der Waals surface area contributed by atoms with Crippen molar-refractivity contribution in [2.75, 3.05) is 7.05 Å². The number of carbonyl (C=O) groups excluding carboxylic acids is 2. The minimum absolute atomic E-state index is 0.0573. The van der Waals surface area contributed by atoms with E-state index < -0.39 is 11.8 Å². The van der Waals surface area contributed by atoms with E-state index in [0.717, 1.165) is 22.2 Å². The molecular formula is C20H15N3O2S. The Kier molecular flexibility index (Phi) is 3.89. The predicted octanol–water partition coefficient (Wildman–Crippen LogP) is 2.89. The van der Waals surface area contributed by atoms with Crippen LogP contribution in [0.25, 0.3) is 22.5 Å². The molecule has 1 fully saturated rings. The van der Waals surface area contributed by atoms with Gasteiger partial charge in [0.05, 0.1) is 0 Å². The molecule has 1 N–H and O–H groups in total. The summed E-state index contributed by atoms with van der Waals surface area (Å²) >= 11 is 4.97. The number of carbonyl (C=O) groups is 2. The van der Waals surface area contributed by atoms with Crippen LogP contribution in [0.3, 0.4) is 0 Å². The Morgan fingerprint density at radius 2 is 1.77 bits per heavy atom. The minimum Gasteiger partial charge on any atom is -0.317 e. The van der Waals surface area contributed by atoms with Gasteiger partial charge in [-0.1, -0.05) is 30.3 Å². The largest absolute Gasteiger partial charge is 0.317 e. The van der Waals surface area contributed by atoms with Gasteiger partial charge in [0, 0.05) is 24.6 Å². The first kappa shape index (κ1) is 16.2. The van der Waals surface area contributed by atoms with Crippen molar-refractivity contribution in [2.45, 2.75) is 0 Å². The molecule has 26 heavy (non-hydrogen) atoms.